The lowest BCUT2D eigenvalue weighted by Gasteiger charge is -2.37. The van der Waals surface area contributed by atoms with Gasteiger partial charge in [0.25, 0.3) is 0 Å². The minimum atomic E-state index is 0.529. The van der Waals surface area contributed by atoms with Gasteiger partial charge in [0, 0.05) is 6.04 Å². The Morgan fingerprint density at radius 3 is 2.00 bits per heavy atom. The minimum Gasteiger partial charge on any atom is -0.314 e. The fraction of sp³-hybridized carbons (Fsp3) is 1.00. The van der Waals surface area contributed by atoms with Gasteiger partial charge in [-0.2, -0.15) is 0 Å². The molecule has 0 aliphatic heterocycles. The molecule has 1 heteroatoms. The van der Waals surface area contributed by atoms with Crippen molar-refractivity contribution in [2.75, 3.05) is 6.54 Å². The van der Waals surface area contributed by atoms with E-state index < -0.39 is 0 Å². The Hall–Kier alpha value is -0.0400. The van der Waals surface area contributed by atoms with Crippen molar-refractivity contribution in [1.82, 2.24) is 5.32 Å². The molecule has 0 bridgehead atoms. The van der Waals surface area contributed by atoms with Crippen molar-refractivity contribution in [1.29, 1.82) is 0 Å². The first-order valence-electron chi connectivity index (χ1n) is 6.79. The van der Waals surface area contributed by atoms with Gasteiger partial charge in [-0.3, -0.25) is 0 Å². The topological polar surface area (TPSA) is 12.0 Å². The molecule has 0 heterocycles. The summed E-state index contributed by atoms with van der Waals surface area (Å²) in [5.41, 5.74) is 0.529. The summed E-state index contributed by atoms with van der Waals surface area (Å²) in [4.78, 5) is 0. The standard InChI is InChI=1S/C14H27N/c1-14(2,3)12-6-8-13(9-7-12)15-10-11-4-5-11/h11-13,15H,4-10H2,1-3H3. The molecule has 0 atom stereocenters. The Labute approximate surface area is 95.0 Å². The third-order valence-electron chi connectivity index (χ3n) is 4.34. The quantitative estimate of drug-likeness (QED) is 0.749. The number of hydrogen-bond donors (Lipinski definition) is 1. The minimum absolute atomic E-state index is 0.529. The molecule has 2 fully saturated rings. The van der Waals surface area contributed by atoms with Crippen molar-refractivity contribution in [3.8, 4) is 0 Å². The first kappa shape index (κ1) is 11.4. The molecule has 1 N–H and O–H groups in total. The molecule has 0 aromatic rings. The van der Waals surface area contributed by atoms with Crippen LogP contribution in [-0.2, 0) is 0 Å². The lowest BCUT2D eigenvalue weighted by atomic mass is 9.71. The molecule has 0 radical (unpaired) electrons. The number of rotatable bonds is 3. The van der Waals surface area contributed by atoms with E-state index in [0.29, 0.717) is 5.41 Å². The molecule has 15 heavy (non-hydrogen) atoms. The molecule has 0 unspecified atom stereocenters. The van der Waals surface area contributed by atoms with Crippen LogP contribution in [0.4, 0.5) is 0 Å². The van der Waals surface area contributed by atoms with Crippen LogP contribution in [0.15, 0.2) is 0 Å². The number of hydrogen-bond acceptors (Lipinski definition) is 1. The molecule has 2 rings (SSSR count). The summed E-state index contributed by atoms with van der Waals surface area (Å²) >= 11 is 0. The van der Waals surface area contributed by atoms with Gasteiger partial charge in [0.1, 0.15) is 0 Å². The van der Waals surface area contributed by atoms with Crippen LogP contribution in [0.5, 0.6) is 0 Å². The monoisotopic (exact) mass is 209 g/mol. The molecule has 0 saturated heterocycles. The van der Waals surface area contributed by atoms with Crippen LogP contribution in [0.25, 0.3) is 0 Å². The molecule has 0 aromatic heterocycles. The molecule has 0 aromatic carbocycles. The highest BCUT2D eigenvalue weighted by atomic mass is 14.9. The van der Waals surface area contributed by atoms with Gasteiger partial charge >= 0.3 is 0 Å². The predicted octanol–water partition coefficient (Wildman–Crippen LogP) is 3.59. The average Bonchev–Trinajstić information content (AvgIpc) is 2.97. The van der Waals surface area contributed by atoms with Gasteiger partial charge in [0.05, 0.1) is 0 Å². The van der Waals surface area contributed by atoms with Gasteiger partial charge in [-0.25, -0.2) is 0 Å². The summed E-state index contributed by atoms with van der Waals surface area (Å²) < 4.78 is 0. The Bertz CT molecular complexity index is 192. The van der Waals surface area contributed by atoms with E-state index in [1.54, 1.807) is 0 Å². The van der Waals surface area contributed by atoms with Gasteiger partial charge in [-0.05, 0) is 62.3 Å². The Balaban J connectivity index is 1.67. The van der Waals surface area contributed by atoms with E-state index in [1.807, 2.05) is 0 Å². The third kappa shape index (κ3) is 3.48. The first-order chi connectivity index (χ1) is 7.05. The van der Waals surface area contributed by atoms with Crippen molar-refractivity contribution < 1.29 is 0 Å². The van der Waals surface area contributed by atoms with Gasteiger partial charge in [-0.1, -0.05) is 20.8 Å². The Morgan fingerprint density at radius 1 is 0.933 bits per heavy atom. The van der Waals surface area contributed by atoms with Gasteiger partial charge in [0.15, 0.2) is 0 Å². The normalized spacial score (nSPS) is 33.0. The highest BCUT2D eigenvalue weighted by Crippen LogP contribution is 2.38. The van der Waals surface area contributed by atoms with Gasteiger partial charge < -0.3 is 5.32 Å². The third-order valence-corrected chi connectivity index (χ3v) is 4.34. The van der Waals surface area contributed by atoms with Crippen LogP contribution >= 0.6 is 0 Å². The first-order valence-corrected chi connectivity index (χ1v) is 6.79. The van der Waals surface area contributed by atoms with Gasteiger partial charge in [0.2, 0.25) is 0 Å². The van der Waals surface area contributed by atoms with Crippen LogP contribution in [-0.4, -0.2) is 12.6 Å². The molecule has 2 saturated carbocycles. The van der Waals surface area contributed by atoms with Crippen LogP contribution in [0.3, 0.4) is 0 Å². The molecule has 1 nitrogen and oxygen atoms in total. The van der Waals surface area contributed by atoms with Crippen LogP contribution in [0, 0.1) is 17.3 Å². The van der Waals surface area contributed by atoms with Gasteiger partial charge in [-0.15, -0.1) is 0 Å². The summed E-state index contributed by atoms with van der Waals surface area (Å²) in [7, 11) is 0. The second kappa shape index (κ2) is 4.45. The zero-order valence-corrected chi connectivity index (χ0v) is 10.7. The lowest BCUT2D eigenvalue weighted by Crippen LogP contribution is -2.37. The highest BCUT2D eigenvalue weighted by molar-refractivity contribution is 4.85. The summed E-state index contributed by atoms with van der Waals surface area (Å²) in [6.45, 7) is 8.49. The van der Waals surface area contributed by atoms with Crippen molar-refractivity contribution in [2.24, 2.45) is 17.3 Å². The van der Waals surface area contributed by atoms with E-state index in [-0.39, 0.29) is 0 Å². The maximum Gasteiger partial charge on any atom is 0.00673 e. The van der Waals surface area contributed by atoms with E-state index in [4.69, 9.17) is 0 Å². The van der Waals surface area contributed by atoms with Crippen molar-refractivity contribution >= 4 is 0 Å². The molecular formula is C14H27N. The Kier molecular flexibility index (Phi) is 3.39. The Morgan fingerprint density at radius 2 is 1.53 bits per heavy atom. The summed E-state index contributed by atoms with van der Waals surface area (Å²) in [6, 6.07) is 0.837. The molecule has 2 aliphatic carbocycles. The molecular weight excluding hydrogens is 182 g/mol. The van der Waals surface area contributed by atoms with Crippen molar-refractivity contribution in [3.05, 3.63) is 0 Å². The van der Waals surface area contributed by atoms with Crippen LogP contribution < -0.4 is 5.32 Å². The zero-order valence-electron chi connectivity index (χ0n) is 10.7. The van der Waals surface area contributed by atoms with Crippen LogP contribution in [0.2, 0.25) is 0 Å². The molecule has 0 amide bonds. The summed E-state index contributed by atoms with van der Waals surface area (Å²) in [5, 5.41) is 3.76. The van der Waals surface area contributed by atoms with Crippen molar-refractivity contribution in [2.45, 2.75) is 65.3 Å². The highest BCUT2D eigenvalue weighted by Gasteiger charge is 2.30. The second-order valence-corrected chi connectivity index (χ2v) is 6.77. The maximum atomic E-state index is 3.76. The zero-order chi connectivity index (χ0) is 10.9. The summed E-state index contributed by atoms with van der Waals surface area (Å²) in [6.07, 6.45) is 8.65. The largest absolute Gasteiger partial charge is 0.314 e. The van der Waals surface area contributed by atoms with E-state index in [2.05, 4.69) is 26.1 Å². The fourth-order valence-electron chi connectivity index (χ4n) is 2.82. The lowest BCUT2D eigenvalue weighted by molar-refractivity contribution is 0.160. The van der Waals surface area contributed by atoms with E-state index in [1.165, 1.54) is 45.1 Å². The summed E-state index contributed by atoms with van der Waals surface area (Å²) in [5.74, 6) is 1.99. The van der Waals surface area contributed by atoms with E-state index >= 15 is 0 Å². The fourth-order valence-corrected chi connectivity index (χ4v) is 2.82. The van der Waals surface area contributed by atoms with Crippen LogP contribution in [0.1, 0.15) is 59.3 Å². The maximum absolute atomic E-state index is 3.76. The van der Waals surface area contributed by atoms with E-state index in [9.17, 15) is 0 Å². The number of nitrogens with one attached hydrogen (secondary N) is 1. The van der Waals surface area contributed by atoms with E-state index in [0.717, 1.165) is 17.9 Å². The smallest absolute Gasteiger partial charge is 0.00673 e. The van der Waals surface area contributed by atoms with Crippen molar-refractivity contribution in [3.63, 3.8) is 0 Å². The predicted molar refractivity (Wildman–Crippen MR) is 65.9 cm³/mol. The SMILES string of the molecule is CC(C)(C)C1CCC(NCC2CC2)CC1. The average molecular weight is 209 g/mol. The second-order valence-electron chi connectivity index (χ2n) is 6.77. The molecule has 0 spiro atoms. The molecule has 88 valence electrons. The molecule has 2 aliphatic rings.